The molecule has 2 aromatic heterocycles. The maximum Gasteiger partial charge on any atom is 0.356 e. The molecule has 0 unspecified atom stereocenters. The minimum atomic E-state index is -1.02. The SMILES string of the molecule is Cc1cnc(NCCn2cnc(C(=O)O)c2)nc1C. The van der Waals surface area contributed by atoms with Gasteiger partial charge in [-0.25, -0.2) is 19.7 Å². The van der Waals surface area contributed by atoms with Crippen molar-refractivity contribution in [2.75, 3.05) is 11.9 Å². The molecule has 0 aliphatic rings. The number of aromatic carboxylic acids is 1. The van der Waals surface area contributed by atoms with Gasteiger partial charge in [0.2, 0.25) is 5.95 Å². The number of nitrogens with one attached hydrogen (secondary N) is 1. The lowest BCUT2D eigenvalue weighted by molar-refractivity contribution is 0.0691. The molecular formula is C12H15N5O2. The molecule has 0 fully saturated rings. The Hall–Kier alpha value is -2.44. The number of aryl methyl sites for hydroxylation is 2. The Kier molecular flexibility index (Phi) is 3.74. The van der Waals surface area contributed by atoms with Crippen LogP contribution in [-0.2, 0) is 6.54 Å². The van der Waals surface area contributed by atoms with Crippen LogP contribution in [0.3, 0.4) is 0 Å². The van der Waals surface area contributed by atoms with Gasteiger partial charge in [-0.3, -0.25) is 0 Å². The molecule has 2 aromatic rings. The maximum absolute atomic E-state index is 10.7. The van der Waals surface area contributed by atoms with Crippen LogP contribution in [-0.4, -0.2) is 37.1 Å². The van der Waals surface area contributed by atoms with Gasteiger partial charge in [0.1, 0.15) is 0 Å². The summed E-state index contributed by atoms with van der Waals surface area (Å²) in [6, 6.07) is 0. The first-order valence-corrected chi connectivity index (χ1v) is 5.85. The van der Waals surface area contributed by atoms with Crippen LogP contribution in [0.2, 0.25) is 0 Å². The predicted molar refractivity (Wildman–Crippen MR) is 69.2 cm³/mol. The summed E-state index contributed by atoms with van der Waals surface area (Å²) in [5, 5.41) is 11.8. The summed E-state index contributed by atoms with van der Waals surface area (Å²) in [4.78, 5) is 22.9. The molecule has 7 nitrogen and oxygen atoms in total. The molecule has 7 heteroatoms. The molecule has 0 spiro atoms. The minimum absolute atomic E-state index is 0.0439. The predicted octanol–water partition coefficient (Wildman–Crippen LogP) is 1.10. The molecule has 0 bridgehead atoms. The van der Waals surface area contributed by atoms with Crippen molar-refractivity contribution in [3.05, 3.63) is 35.7 Å². The molecule has 0 saturated heterocycles. The van der Waals surface area contributed by atoms with Crippen molar-refractivity contribution < 1.29 is 9.90 Å². The quantitative estimate of drug-likeness (QED) is 0.837. The summed E-state index contributed by atoms with van der Waals surface area (Å²) in [6.07, 6.45) is 4.75. The van der Waals surface area contributed by atoms with Gasteiger partial charge in [0, 0.05) is 31.2 Å². The maximum atomic E-state index is 10.7. The number of hydrogen-bond donors (Lipinski definition) is 2. The highest BCUT2D eigenvalue weighted by molar-refractivity contribution is 5.84. The van der Waals surface area contributed by atoms with Crippen LogP contribution < -0.4 is 5.32 Å². The lowest BCUT2D eigenvalue weighted by Crippen LogP contribution is -2.12. The van der Waals surface area contributed by atoms with E-state index in [4.69, 9.17) is 5.11 Å². The molecule has 0 amide bonds. The van der Waals surface area contributed by atoms with Gasteiger partial charge in [-0.15, -0.1) is 0 Å². The van der Waals surface area contributed by atoms with Crippen molar-refractivity contribution in [3.63, 3.8) is 0 Å². The van der Waals surface area contributed by atoms with Crippen molar-refractivity contribution in [1.82, 2.24) is 19.5 Å². The van der Waals surface area contributed by atoms with E-state index in [1.165, 1.54) is 12.5 Å². The van der Waals surface area contributed by atoms with E-state index >= 15 is 0 Å². The number of aromatic nitrogens is 4. The summed E-state index contributed by atoms with van der Waals surface area (Å²) < 4.78 is 1.71. The van der Waals surface area contributed by atoms with Crippen molar-refractivity contribution >= 4 is 11.9 Å². The number of carboxylic acid groups (broad SMARTS) is 1. The average molecular weight is 261 g/mol. The largest absolute Gasteiger partial charge is 0.476 e. The summed E-state index contributed by atoms with van der Waals surface area (Å²) in [5.74, 6) is -0.453. The van der Waals surface area contributed by atoms with E-state index in [2.05, 4.69) is 20.3 Å². The van der Waals surface area contributed by atoms with Crippen LogP contribution in [0.15, 0.2) is 18.7 Å². The van der Waals surface area contributed by atoms with Gasteiger partial charge in [0.25, 0.3) is 0 Å². The number of carboxylic acids is 1. The van der Waals surface area contributed by atoms with Crippen LogP contribution in [0, 0.1) is 13.8 Å². The molecule has 19 heavy (non-hydrogen) atoms. The molecule has 2 heterocycles. The Balaban J connectivity index is 1.88. The summed E-state index contributed by atoms with van der Waals surface area (Å²) >= 11 is 0. The molecule has 2 rings (SSSR count). The van der Waals surface area contributed by atoms with E-state index in [0.29, 0.717) is 19.0 Å². The second-order valence-corrected chi connectivity index (χ2v) is 4.19. The normalized spacial score (nSPS) is 10.4. The lowest BCUT2D eigenvalue weighted by Gasteiger charge is -2.06. The van der Waals surface area contributed by atoms with Crippen molar-refractivity contribution in [1.29, 1.82) is 0 Å². The van der Waals surface area contributed by atoms with Crippen LogP contribution in [0.4, 0.5) is 5.95 Å². The zero-order valence-electron chi connectivity index (χ0n) is 10.8. The first-order valence-electron chi connectivity index (χ1n) is 5.85. The molecule has 0 aliphatic heterocycles. The monoisotopic (exact) mass is 261 g/mol. The number of anilines is 1. The smallest absolute Gasteiger partial charge is 0.356 e. The Morgan fingerprint density at radius 1 is 1.42 bits per heavy atom. The fraction of sp³-hybridized carbons (Fsp3) is 0.333. The highest BCUT2D eigenvalue weighted by Gasteiger charge is 2.06. The highest BCUT2D eigenvalue weighted by Crippen LogP contribution is 2.04. The molecule has 0 saturated carbocycles. The van der Waals surface area contributed by atoms with Crippen molar-refractivity contribution in [3.8, 4) is 0 Å². The van der Waals surface area contributed by atoms with E-state index in [-0.39, 0.29) is 5.69 Å². The lowest BCUT2D eigenvalue weighted by atomic mass is 10.3. The summed E-state index contributed by atoms with van der Waals surface area (Å²) in [5.41, 5.74) is 2.03. The van der Waals surface area contributed by atoms with Gasteiger partial charge in [0.05, 0.1) is 6.33 Å². The van der Waals surface area contributed by atoms with Crippen LogP contribution >= 0.6 is 0 Å². The van der Waals surface area contributed by atoms with Crippen LogP contribution in [0.5, 0.6) is 0 Å². The van der Waals surface area contributed by atoms with Gasteiger partial charge < -0.3 is 15.0 Å². The second kappa shape index (κ2) is 5.47. The van der Waals surface area contributed by atoms with Crippen LogP contribution in [0.25, 0.3) is 0 Å². The number of hydrogen-bond acceptors (Lipinski definition) is 5. The van der Waals surface area contributed by atoms with Gasteiger partial charge >= 0.3 is 5.97 Å². The Labute approximate surface area is 110 Å². The molecule has 2 N–H and O–H groups in total. The molecule has 100 valence electrons. The zero-order chi connectivity index (χ0) is 13.8. The first-order chi connectivity index (χ1) is 9.06. The number of carbonyl (C=O) groups is 1. The molecular weight excluding hydrogens is 246 g/mol. The minimum Gasteiger partial charge on any atom is -0.476 e. The molecule has 0 aliphatic carbocycles. The molecule has 0 radical (unpaired) electrons. The molecule has 0 atom stereocenters. The third-order valence-corrected chi connectivity index (χ3v) is 2.73. The van der Waals surface area contributed by atoms with Crippen molar-refractivity contribution in [2.24, 2.45) is 0 Å². The van der Waals surface area contributed by atoms with Gasteiger partial charge in [-0.1, -0.05) is 0 Å². The summed E-state index contributed by atoms with van der Waals surface area (Å²) in [6.45, 7) is 5.07. The molecule has 0 aromatic carbocycles. The standard InChI is InChI=1S/C12H15N5O2/c1-8-5-14-12(16-9(8)2)13-3-4-17-6-10(11(18)19)15-7-17/h5-7H,3-4H2,1-2H3,(H,18,19)(H,13,14,16). The second-order valence-electron chi connectivity index (χ2n) is 4.19. The van der Waals surface area contributed by atoms with E-state index in [9.17, 15) is 4.79 Å². The van der Waals surface area contributed by atoms with E-state index in [1.54, 1.807) is 10.8 Å². The first kappa shape index (κ1) is 13.0. The van der Waals surface area contributed by atoms with E-state index in [1.807, 2.05) is 13.8 Å². The fourth-order valence-corrected chi connectivity index (χ4v) is 1.50. The Morgan fingerprint density at radius 3 is 2.84 bits per heavy atom. The van der Waals surface area contributed by atoms with Crippen molar-refractivity contribution in [2.45, 2.75) is 20.4 Å². The zero-order valence-corrected chi connectivity index (χ0v) is 10.8. The Bertz CT molecular complexity index is 594. The van der Waals surface area contributed by atoms with E-state index in [0.717, 1.165) is 11.3 Å². The topological polar surface area (TPSA) is 92.9 Å². The van der Waals surface area contributed by atoms with Gasteiger partial charge in [-0.05, 0) is 19.4 Å². The fourth-order valence-electron chi connectivity index (χ4n) is 1.50. The van der Waals surface area contributed by atoms with Gasteiger partial charge in [-0.2, -0.15) is 0 Å². The van der Waals surface area contributed by atoms with E-state index < -0.39 is 5.97 Å². The Morgan fingerprint density at radius 2 is 2.21 bits per heavy atom. The average Bonchev–Trinajstić information content (AvgIpc) is 2.83. The number of imidazole rings is 1. The third-order valence-electron chi connectivity index (χ3n) is 2.73. The summed E-state index contributed by atoms with van der Waals surface area (Å²) in [7, 11) is 0. The number of rotatable bonds is 5. The highest BCUT2D eigenvalue weighted by atomic mass is 16.4. The number of nitrogens with zero attached hydrogens (tertiary/aromatic N) is 4. The third kappa shape index (κ3) is 3.27. The van der Waals surface area contributed by atoms with Crippen LogP contribution in [0.1, 0.15) is 21.7 Å². The van der Waals surface area contributed by atoms with Gasteiger partial charge in [0.15, 0.2) is 5.69 Å².